The molecule has 0 unspecified atom stereocenters. The van der Waals surface area contributed by atoms with Crippen molar-refractivity contribution in [2.24, 2.45) is 0 Å². The van der Waals surface area contributed by atoms with Crippen molar-refractivity contribution >= 4 is 0 Å². The Morgan fingerprint density at radius 3 is 1.81 bits per heavy atom. The topological polar surface area (TPSA) is 29.5 Å². The standard InChI is InChI=1S/C8H10O.C6H6O/c1-7-3-5-8(9-2)6-4-7;7-6-4-2-1-3-5-6/h3-6H,1-2H3;1-5,7H. The number of methoxy groups -OCH3 is 1. The first-order valence-electron chi connectivity index (χ1n) is 5.07. The molecule has 0 saturated carbocycles. The third kappa shape index (κ3) is 4.51. The molecule has 84 valence electrons. The fourth-order valence-electron chi connectivity index (χ4n) is 1.10. The van der Waals surface area contributed by atoms with Crippen LogP contribution in [0.3, 0.4) is 0 Å². The van der Waals surface area contributed by atoms with E-state index >= 15 is 0 Å². The number of aromatic hydroxyl groups is 1. The van der Waals surface area contributed by atoms with Crippen molar-refractivity contribution in [2.75, 3.05) is 7.11 Å². The minimum absolute atomic E-state index is 0.322. The number of ether oxygens (including phenoxy) is 1. The van der Waals surface area contributed by atoms with E-state index in [0.29, 0.717) is 5.75 Å². The number of rotatable bonds is 1. The predicted octanol–water partition coefficient (Wildman–Crippen LogP) is 3.40. The summed E-state index contributed by atoms with van der Waals surface area (Å²) in [4.78, 5) is 0. The van der Waals surface area contributed by atoms with Gasteiger partial charge in [-0.2, -0.15) is 0 Å². The number of hydrogen-bond donors (Lipinski definition) is 1. The summed E-state index contributed by atoms with van der Waals surface area (Å²) >= 11 is 0. The molecule has 2 heteroatoms. The minimum Gasteiger partial charge on any atom is -0.508 e. The molecule has 0 radical (unpaired) electrons. The molecule has 2 rings (SSSR count). The Bertz CT molecular complexity index is 393. The molecule has 0 aliphatic rings. The van der Waals surface area contributed by atoms with Gasteiger partial charge in [-0.05, 0) is 31.2 Å². The highest BCUT2D eigenvalue weighted by Gasteiger charge is 1.85. The third-order valence-electron chi connectivity index (χ3n) is 2.01. The van der Waals surface area contributed by atoms with Crippen molar-refractivity contribution in [3.05, 3.63) is 60.2 Å². The van der Waals surface area contributed by atoms with E-state index < -0.39 is 0 Å². The molecular formula is C14H16O2. The molecule has 0 spiro atoms. The lowest BCUT2D eigenvalue weighted by Gasteiger charge is -1.97. The van der Waals surface area contributed by atoms with E-state index in [1.165, 1.54) is 5.56 Å². The zero-order valence-corrected chi connectivity index (χ0v) is 9.55. The van der Waals surface area contributed by atoms with Gasteiger partial charge in [-0.1, -0.05) is 35.9 Å². The predicted molar refractivity (Wildman–Crippen MR) is 65.8 cm³/mol. The molecule has 1 N–H and O–H groups in total. The molecule has 16 heavy (non-hydrogen) atoms. The zero-order chi connectivity index (χ0) is 11.8. The lowest BCUT2D eigenvalue weighted by molar-refractivity contribution is 0.414. The Kier molecular flexibility index (Phi) is 4.93. The fraction of sp³-hybridized carbons (Fsp3) is 0.143. The summed E-state index contributed by atoms with van der Waals surface area (Å²) in [5.74, 6) is 1.24. The summed E-state index contributed by atoms with van der Waals surface area (Å²) in [7, 11) is 1.67. The van der Waals surface area contributed by atoms with Crippen molar-refractivity contribution in [3.63, 3.8) is 0 Å². The molecule has 0 aliphatic carbocycles. The molecule has 0 bridgehead atoms. The van der Waals surface area contributed by atoms with E-state index in [1.807, 2.05) is 30.3 Å². The highest BCUT2D eigenvalue weighted by Crippen LogP contribution is 2.09. The lowest BCUT2D eigenvalue weighted by atomic mass is 10.2. The fourth-order valence-corrected chi connectivity index (χ4v) is 1.10. The van der Waals surface area contributed by atoms with Crippen LogP contribution in [0.15, 0.2) is 54.6 Å². The first kappa shape index (κ1) is 12.1. The molecule has 0 aliphatic heterocycles. The van der Waals surface area contributed by atoms with Gasteiger partial charge in [0.25, 0.3) is 0 Å². The van der Waals surface area contributed by atoms with Gasteiger partial charge < -0.3 is 9.84 Å². The van der Waals surface area contributed by atoms with Crippen LogP contribution in [-0.2, 0) is 0 Å². The molecule has 2 aromatic rings. The van der Waals surface area contributed by atoms with Crippen LogP contribution in [-0.4, -0.2) is 12.2 Å². The van der Waals surface area contributed by atoms with Crippen molar-refractivity contribution in [2.45, 2.75) is 6.92 Å². The number of hydrogen-bond acceptors (Lipinski definition) is 2. The van der Waals surface area contributed by atoms with Gasteiger partial charge in [0.1, 0.15) is 11.5 Å². The maximum Gasteiger partial charge on any atom is 0.118 e. The number of phenolic OH excluding ortho intramolecular Hbond substituents is 1. The first-order valence-corrected chi connectivity index (χ1v) is 5.07. The molecule has 0 amide bonds. The van der Waals surface area contributed by atoms with Gasteiger partial charge >= 0.3 is 0 Å². The van der Waals surface area contributed by atoms with E-state index in [2.05, 4.69) is 6.92 Å². The smallest absolute Gasteiger partial charge is 0.118 e. The molecule has 0 atom stereocenters. The Morgan fingerprint density at radius 2 is 1.44 bits per heavy atom. The van der Waals surface area contributed by atoms with Gasteiger partial charge in [-0.25, -0.2) is 0 Å². The largest absolute Gasteiger partial charge is 0.508 e. The van der Waals surface area contributed by atoms with Crippen LogP contribution in [0, 0.1) is 6.92 Å². The van der Waals surface area contributed by atoms with E-state index in [9.17, 15) is 0 Å². The Labute approximate surface area is 96.1 Å². The highest BCUT2D eigenvalue weighted by atomic mass is 16.5. The van der Waals surface area contributed by atoms with Crippen molar-refractivity contribution in [3.8, 4) is 11.5 Å². The number of benzene rings is 2. The van der Waals surface area contributed by atoms with Crippen LogP contribution in [0.1, 0.15) is 5.56 Å². The molecule has 0 fully saturated rings. The molecule has 2 aromatic carbocycles. The van der Waals surface area contributed by atoms with Gasteiger partial charge in [0.2, 0.25) is 0 Å². The number of phenols is 1. The molecule has 0 heterocycles. The summed E-state index contributed by atoms with van der Waals surface area (Å²) in [6, 6.07) is 16.7. The molecule has 2 nitrogen and oxygen atoms in total. The van der Waals surface area contributed by atoms with Crippen molar-refractivity contribution in [1.29, 1.82) is 0 Å². The monoisotopic (exact) mass is 216 g/mol. The Hall–Kier alpha value is -1.96. The second-order valence-corrected chi connectivity index (χ2v) is 3.35. The van der Waals surface area contributed by atoms with E-state index in [0.717, 1.165) is 5.75 Å². The highest BCUT2D eigenvalue weighted by molar-refractivity contribution is 5.25. The van der Waals surface area contributed by atoms with E-state index in [4.69, 9.17) is 9.84 Å². The minimum atomic E-state index is 0.322. The third-order valence-corrected chi connectivity index (χ3v) is 2.01. The Balaban J connectivity index is 0.000000165. The first-order chi connectivity index (χ1) is 7.72. The summed E-state index contributed by atoms with van der Waals surface area (Å²) < 4.78 is 4.97. The summed E-state index contributed by atoms with van der Waals surface area (Å²) in [5, 5.41) is 8.63. The van der Waals surface area contributed by atoms with Crippen molar-refractivity contribution in [1.82, 2.24) is 0 Å². The summed E-state index contributed by atoms with van der Waals surface area (Å²) in [6.45, 7) is 2.06. The average Bonchev–Trinajstić information content (AvgIpc) is 2.32. The van der Waals surface area contributed by atoms with Crippen LogP contribution >= 0.6 is 0 Å². The molecule has 0 saturated heterocycles. The zero-order valence-electron chi connectivity index (χ0n) is 9.55. The normalized spacial score (nSPS) is 8.88. The van der Waals surface area contributed by atoms with Crippen LogP contribution < -0.4 is 4.74 Å². The van der Waals surface area contributed by atoms with Crippen molar-refractivity contribution < 1.29 is 9.84 Å². The molecule has 0 aromatic heterocycles. The van der Waals surface area contributed by atoms with E-state index in [1.54, 1.807) is 31.4 Å². The van der Waals surface area contributed by atoms with Gasteiger partial charge in [-0.15, -0.1) is 0 Å². The maximum absolute atomic E-state index is 8.63. The number of para-hydroxylation sites is 1. The lowest BCUT2D eigenvalue weighted by Crippen LogP contribution is -1.80. The quantitative estimate of drug-likeness (QED) is 0.791. The van der Waals surface area contributed by atoms with Crippen LogP contribution in [0.4, 0.5) is 0 Å². The van der Waals surface area contributed by atoms with Gasteiger partial charge in [0.15, 0.2) is 0 Å². The van der Waals surface area contributed by atoms with Crippen LogP contribution in [0.25, 0.3) is 0 Å². The second kappa shape index (κ2) is 6.51. The van der Waals surface area contributed by atoms with Gasteiger partial charge in [0.05, 0.1) is 7.11 Å². The SMILES string of the molecule is COc1ccc(C)cc1.Oc1ccccc1. The summed E-state index contributed by atoms with van der Waals surface area (Å²) in [5.41, 5.74) is 1.26. The number of aryl methyl sites for hydroxylation is 1. The van der Waals surface area contributed by atoms with Gasteiger partial charge in [0, 0.05) is 0 Å². The second-order valence-electron chi connectivity index (χ2n) is 3.35. The van der Waals surface area contributed by atoms with Crippen LogP contribution in [0.5, 0.6) is 11.5 Å². The van der Waals surface area contributed by atoms with Crippen LogP contribution in [0.2, 0.25) is 0 Å². The summed E-state index contributed by atoms with van der Waals surface area (Å²) in [6.07, 6.45) is 0. The van der Waals surface area contributed by atoms with Gasteiger partial charge in [-0.3, -0.25) is 0 Å². The Morgan fingerprint density at radius 1 is 0.875 bits per heavy atom. The maximum atomic E-state index is 8.63. The van der Waals surface area contributed by atoms with E-state index in [-0.39, 0.29) is 0 Å². The molecular weight excluding hydrogens is 200 g/mol. The average molecular weight is 216 g/mol.